The number of hydrogen-bond donors (Lipinski definition) is 1. The maximum Gasteiger partial charge on any atom is 0.263 e. The van der Waals surface area contributed by atoms with E-state index in [1.54, 1.807) is 22.0 Å². The highest BCUT2D eigenvalue weighted by Crippen LogP contribution is 2.34. The van der Waals surface area contributed by atoms with Crippen LogP contribution in [-0.4, -0.2) is 21.2 Å². The molecular formula is C22H19N3O2S3. The molecule has 30 heavy (non-hydrogen) atoms. The summed E-state index contributed by atoms with van der Waals surface area (Å²) in [6.45, 7) is 4.58. The van der Waals surface area contributed by atoms with E-state index in [1.807, 2.05) is 53.2 Å². The highest BCUT2D eigenvalue weighted by molar-refractivity contribution is 7.99. The molecule has 0 unspecified atom stereocenters. The lowest BCUT2D eigenvalue weighted by Crippen LogP contribution is -2.26. The van der Waals surface area contributed by atoms with E-state index in [0.717, 1.165) is 16.0 Å². The predicted molar refractivity (Wildman–Crippen MR) is 126 cm³/mol. The molecule has 4 aromatic rings. The van der Waals surface area contributed by atoms with Crippen molar-refractivity contribution in [2.45, 2.75) is 18.2 Å². The molecule has 4 rings (SSSR count). The zero-order chi connectivity index (χ0) is 20.9. The average Bonchev–Trinajstić information content (AvgIpc) is 3.43. The average molecular weight is 454 g/mol. The molecule has 1 amide bonds. The molecule has 0 spiro atoms. The Morgan fingerprint density at radius 2 is 2.03 bits per heavy atom. The first-order valence-electron chi connectivity index (χ1n) is 9.27. The molecule has 0 bridgehead atoms. The van der Waals surface area contributed by atoms with Crippen molar-refractivity contribution in [3.05, 3.63) is 81.8 Å². The van der Waals surface area contributed by atoms with Crippen LogP contribution in [0.3, 0.4) is 0 Å². The summed E-state index contributed by atoms with van der Waals surface area (Å²) in [7, 11) is 0. The zero-order valence-corrected chi connectivity index (χ0v) is 18.5. The number of carbonyl (C=O) groups is 1. The molecule has 152 valence electrons. The Balaban J connectivity index is 1.56. The number of hydrogen-bond acceptors (Lipinski definition) is 6. The molecule has 8 heteroatoms. The van der Waals surface area contributed by atoms with Crippen molar-refractivity contribution in [3.63, 3.8) is 0 Å². The van der Waals surface area contributed by atoms with Crippen LogP contribution in [0.5, 0.6) is 0 Å². The van der Waals surface area contributed by atoms with Crippen LogP contribution in [0.15, 0.2) is 75.8 Å². The lowest BCUT2D eigenvalue weighted by Gasteiger charge is -2.11. The summed E-state index contributed by atoms with van der Waals surface area (Å²) in [4.78, 5) is 32.0. The number of benzene rings is 1. The molecule has 0 radical (unpaired) electrons. The summed E-state index contributed by atoms with van der Waals surface area (Å²) in [6.07, 6.45) is 1.67. The highest BCUT2D eigenvalue weighted by atomic mass is 32.2. The molecule has 5 nitrogen and oxygen atoms in total. The van der Waals surface area contributed by atoms with Gasteiger partial charge in [0.05, 0.1) is 11.1 Å². The maximum absolute atomic E-state index is 13.2. The quantitative estimate of drug-likeness (QED) is 0.237. The van der Waals surface area contributed by atoms with E-state index in [9.17, 15) is 9.59 Å². The number of thioether (sulfide) groups is 1. The van der Waals surface area contributed by atoms with Crippen molar-refractivity contribution in [1.29, 1.82) is 0 Å². The molecule has 0 aliphatic rings. The summed E-state index contributed by atoms with van der Waals surface area (Å²) in [5.41, 5.74) is 1.85. The molecule has 0 fully saturated rings. The van der Waals surface area contributed by atoms with Gasteiger partial charge in [0.2, 0.25) is 5.91 Å². The molecule has 1 aromatic carbocycles. The van der Waals surface area contributed by atoms with E-state index in [-0.39, 0.29) is 17.2 Å². The minimum atomic E-state index is -0.103. The number of nitrogens with one attached hydrogen (secondary N) is 1. The largest absolute Gasteiger partial charge is 0.351 e. The van der Waals surface area contributed by atoms with Gasteiger partial charge in [-0.25, -0.2) is 4.98 Å². The van der Waals surface area contributed by atoms with Crippen molar-refractivity contribution in [3.8, 4) is 10.4 Å². The third-order valence-electron chi connectivity index (χ3n) is 4.42. The van der Waals surface area contributed by atoms with Crippen molar-refractivity contribution >= 4 is 50.6 Å². The number of nitrogens with zero attached hydrogens (tertiary/aromatic N) is 2. The summed E-state index contributed by atoms with van der Waals surface area (Å²) < 4.78 is 1.59. The zero-order valence-electron chi connectivity index (χ0n) is 16.0. The van der Waals surface area contributed by atoms with Crippen LogP contribution in [0.1, 0.15) is 5.56 Å². The Labute approximate surface area is 186 Å². The Morgan fingerprint density at radius 1 is 1.20 bits per heavy atom. The van der Waals surface area contributed by atoms with Crippen molar-refractivity contribution < 1.29 is 4.79 Å². The van der Waals surface area contributed by atoms with Crippen molar-refractivity contribution in [2.75, 3.05) is 5.75 Å². The minimum absolute atomic E-state index is 0.100. The fraction of sp³-hybridized carbons (Fsp3) is 0.136. The monoisotopic (exact) mass is 453 g/mol. The van der Waals surface area contributed by atoms with Crippen molar-refractivity contribution in [2.24, 2.45) is 0 Å². The van der Waals surface area contributed by atoms with Gasteiger partial charge in [0.15, 0.2) is 5.16 Å². The SMILES string of the molecule is C=CCn1c(SCC(=O)NCc2ccccc2)nc2scc(-c3cccs3)c2c1=O. The lowest BCUT2D eigenvalue weighted by atomic mass is 10.2. The first kappa shape index (κ1) is 20.6. The van der Waals surface area contributed by atoms with Gasteiger partial charge < -0.3 is 5.32 Å². The summed E-state index contributed by atoms with van der Waals surface area (Å²) in [6, 6.07) is 13.7. The van der Waals surface area contributed by atoms with Gasteiger partial charge in [-0.05, 0) is 17.0 Å². The van der Waals surface area contributed by atoms with Gasteiger partial charge in [0, 0.05) is 28.9 Å². The van der Waals surface area contributed by atoms with Crippen LogP contribution in [0.25, 0.3) is 20.7 Å². The Bertz CT molecular complexity index is 1230. The van der Waals surface area contributed by atoms with E-state index in [0.29, 0.717) is 28.5 Å². The highest BCUT2D eigenvalue weighted by Gasteiger charge is 2.18. The number of thiophene rings is 2. The molecule has 0 aliphatic carbocycles. The standard InChI is InChI=1S/C22H19N3O2S3/c1-2-10-25-21(27)19-16(17-9-6-11-28-17)13-29-20(19)24-22(25)30-14-18(26)23-12-15-7-4-3-5-8-15/h2-9,11,13H,1,10,12,14H2,(H,23,26). The molecule has 3 aromatic heterocycles. The van der Waals surface area contributed by atoms with E-state index >= 15 is 0 Å². The number of aromatic nitrogens is 2. The smallest absolute Gasteiger partial charge is 0.263 e. The van der Waals surface area contributed by atoms with Crippen LogP contribution >= 0.6 is 34.4 Å². The number of allylic oxidation sites excluding steroid dienone is 1. The summed E-state index contributed by atoms with van der Waals surface area (Å²) in [5.74, 6) is 0.0826. The first-order valence-corrected chi connectivity index (χ1v) is 12.0. The topological polar surface area (TPSA) is 64.0 Å². The lowest BCUT2D eigenvalue weighted by molar-refractivity contribution is -0.118. The second kappa shape index (κ2) is 9.42. The Morgan fingerprint density at radius 3 is 2.77 bits per heavy atom. The second-order valence-electron chi connectivity index (χ2n) is 6.46. The number of fused-ring (bicyclic) bond motifs is 1. The minimum Gasteiger partial charge on any atom is -0.351 e. The van der Waals surface area contributed by atoms with Gasteiger partial charge in [-0.1, -0.05) is 54.2 Å². The predicted octanol–water partition coefficient (Wildman–Crippen LogP) is 4.78. The maximum atomic E-state index is 13.2. The van der Waals surface area contributed by atoms with Crippen LogP contribution < -0.4 is 10.9 Å². The van der Waals surface area contributed by atoms with Crippen LogP contribution in [0.4, 0.5) is 0 Å². The van der Waals surface area contributed by atoms with E-state index in [4.69, 9.17) is 4.98 Å². The second-order valence-corrected chi connectivity index (χ2v) is 9.20. The fourth-order valence-corrected chi connectivity index (χ4v) is 5.64. The molecule has 1 N–H and O–H groups in total. The van der Waals surface area contributed by atoms with E-state index < -0.39 is 0 Å². The molecule has 0 aliphatic heterocycles. The fourth-order valence-electron chi connectivity index (χ4n) is 3.00. The van der Waals surface area contributed by atoms with Gasteiger partial charge in [-0.3, -0.25) is 14.2 Å². The molecule has 0 atom stereocenters. The first-order chi connectivity index (χ1) is 14.7. The Hall–Kier alpha value is -2.68. The van der Waals surface area contributed by atoms with Gasteiger partial charge >= 0.3 is 0 Å². The van der Waals surface area contributed by atoms with E-state index in [2.05, 4.69) is 11.9 Å². The Kier molecular flexibility index (Phi) is 6.47. The van der Waals surface area contributed by atoms with Crippen LogP contribution in [0.2, 0.25) is 0 Å². The van der Waals surface area contributed by atoms with Crippen molar-refractivity contribution in [1.82, 2.24) is 14.9 Å². The number of amides is 1. The summed E-state index contributed by atoms with van der Waals surface area (Å²) >= 11 is 4.32. The number of carbonyl (C=O) groups excluding carboxylic acids is 1. The van der Waals surface area contributed by atoms with Crippen LogP contribution in [-0.2, 0) is 17.9 Å². The molecule has 3 heterocycles. The molecule has 0 saturated carbocycles. The summed E-state index contributed by atoms with van der Waals surface area (Å²) in [5, 5.41) is 8.03. The van der Waals surface area contributed by atoms with Gasteiger partial charge in [-0.2, -0.15) is 0 Å². The normalized spacial score (nSPS) is 10.9. The third kappa shape index (κ3) is 4.40. The molecule has 0 saturated heterocycles. The molecular weight excluding hydrogens is 434 g/mol. The van der Waals surface area contributed by atoms with Gasteiger partial charge in [0.25, 0.3) is 5.56 Å². The van der Waals surface area contributed by atoms with Crippen LogP contribution in [0, 0.1) is 0 Å². The third-order valence-corrected chi connectivity index (χ3v) is 7.17. The van der Waals surface area contributed by atoms with Gasteiger partial charge in [-0.15, -0.1) is 29.3 Å². The number of rotatable bonds is 8. The van der Waals surface area contributed by atoms with Gasteiger partial charge in [0.1, 0.15) is 4.83 Å². The van der Waals surface area contributed by atoms with E-state index in [1.165, 1.54) is 23.1 Å².